The quantitative estimate of drug-likeness (QED) is 0.580. The third-order valence-corrected chi connectivity index (χ3v) is 6.86. The highest BCUT2D eigenvalue weighted by atomic mass is 16.3. The highest BCUT2D eigenvalue weighted by Gasteiger charge is 2.44. The highest BCUT2D eigenvalue weighted by molar-refractivity contribution is 5.51. The first-order valence-corrected chi connectivity index (χ1v) is 11.4. The van der Waals surface area contributed by atoms with Crippen molar-refractivity contribution in [2.45, 2.75) is 58.1 Å². The lowest BCUT2D eigenvalue weighted by Crippen LogP contribution is -2.42. The minimum atomic E-state index is -0.944. The zero-order valence-electron chi connectivity index (χ0n) is 19.8. The summed E-state index contributed by atoms with van der Waals surface area (Å²) < 4.78 is 0. The molecule has 0 atom stereocenters. The Bertz CT molecular complexity index is 1150. The van der Waals surface area contributed by atoms with Crippen LogP contribution in [-0.4, -0.2) is 33.4 Å². The number of piperidine rings is 1. The summed E-state index contributed by atoms with van der Waals surface area (Å²) in [6, 6.07) is 14.1. The van der Waals surface area contributed by atoms with Gasteiger partial charge in [-0.1, -0.05) is 36.4 Å². The second-order valence-corrected chi connectivity index (χ2v) is 9.50. The predicted molar refractivity (Wildman–Crippen MR) is 130 cm³/mol. The lowest BCUT2D eigenvalue weighted by molar-refractivity contribution is 0.0781. The van der Waals surface area contributed by atoms with Crippen LogP contribution in [0.2, 0.25) is 0 Å². The number of aromatic nitrogens is 3. The summed E-state index contributed by atoms with van der Waals surface area (Å²) in [5.41, 5.74) is 4.51. The number of anilines is 1. The van der Waals surface area contributed by atoms with E-state index in [0.29, 0.717) is 12.8 Å². The van der Waals surface area contributed by atoms with Gasteiger partial charge in [0, 0.05) is 44.1 Å². The van der Waals surface area contributed by atoms with E-state index in [4.69, 9.17) is 6.57 Å². The molecule has 6 nitrogen and oxygen atoms in total. The highest BCUT2D eigenvalue weighted by Crippen LogP contribution is 2.38. The Morgan fingerprint density at radius 3 is 2.30 bits per heavy atom. The minimum absolute atomic E-state index is 0.641. The van der Waals surface area contributed by atoms with Gasteiger partial charge in [0.25, 0.3) is 5.54 Å². The molecule has 0 saturated carbocycles. The second kappa shape index (κ2) is 8.92. The maximum Gasteiger partial charge on any atom is 0.277 e. The van der Waals surface area contributed by atoms with Crippen molar-refractivity contribution in [2.24, 2.45) is 0 Å². The van der Waals surface area contributed by atoms with Crippen molar-refractivity contribution in [3.05, 3.63) is 93.7 Å². The van der Waals surface area contributed by atoms with Crippen LogP contribution in [0.1, 0.15) is 60.3 Å². The summed E-state index contributed by atoms with van der Waals surface area (Å²) >= 11 is 0. The molecule has 3 heterocycles. The number of nitrogens with zero attached hydrogens (tertiary/aromatic N) is 5. The Hall–Kier alpha value is -3.30. The van der Waals surface area contributed by atoms with Gasteiger partial charge in [-0.25, -0.2) is 6.57 Å². The van der Waals surface area contributed by atoms with E-state index in [-0.39, 0.29) is 0 Å². The van der Waals surface area contributed by atoms with Gasteiger partial charge in [0.05, 0.1) is 11.3 Å². The van der Waals surface area contributed by atoms with Crippen molar-refractivity contribution >= 4 is 5.82 Å². The minimum Gasteiger partial charge on any atom is -0.386 e. The Morgan fingerprint density at radius 2 is 1.73 bits per heavy atom. The molecule has 1 aliphatic heterocycles. The first-order valence-electron chi connectivity index (χ1n) is 11.4. The molecule has 33 heavy (non-hydrogen) atoms. The molecular weight excluding hydrogens is 410 g/mol. The van der Waals surface area contributed by atoms with Gasteiger partial charge in [-0.05, 0) is 50.5 Å². The van der Waals surface area contributed by atoms with Crippen molar-refractivity contribution in [2.75, 3.05) is 18.0 Å². The molecule has 0 unspecified atom stereocenters. The van der Waals surface area contributed by atoms with Crippen LogP contribution in [0.5, 0.6) is 0 Å². The lowest BCUT2D eigenvalue weighted by Gasteiger charge is -2.35. The van der Waals surface area contributed by atoms with Gasteiger partial charge in [0.2, 0.25) is 0 Å². The van der Waals surface area contributed by atoms with Gasteiger partial charge in [-0.15, -0.1) is 5.10 Å². The third-order valence-electron chi connectivity index (χ3n) is 6.86. The molecule has 0 aliphatic carbocycles. The van der Waals surface area contributed by atoms with Gasteiger partial charge in [0.15, 0.2) is 5.82 Å². The number of pyridine rings is 1. The molecule has 1 aromatic carbocycles. The summed E-state index contributed by atoms with van der Waals surface area (Å²) in [6.07, 6.45) is 3.82. The van der Waals surface area contributed by atoms with Gasteiger partial charge in [-0.3, -0.25) is 4.98 Å². The molecule has 1 fully saturated rings. The standard InChI is InChI=1S/C27H31N5O/c1-19-20(2)25(31-30-23(19)17-21-9-7-6-8-10-21)32-15-13-27(28-5,14-16-32)24-12-11-22(18-29-24)26(3,4)33/h6-12,18,33H,13-17H2,1-4H3. The molecule has 4 rings (SSSR count). The summed E-state index contributed by atoms with van der Waals surface area (Å²) in [7, 11) is 0. The Morgan fingerprint density at radius 1 is 1.03 bits per heavy atom. The molecule has 1 saturated heterocycles. The van der Waals surface area contributed by atoms with Crippen LogP contribution >= 0.6 is 0 Å². The largest absolute Gasteiger partial charge is 0.386 e. The molecule has 0 radical (unpaired) electrons. The fraction of sp³-hybridized carbons (Fsp3) is 0.407. The van der Waals surface area contributed by atoms with Crippen molar-refractivity contribution in [1.29, 1.82) is 0 Å². The van der Waals surface area contributed by atoms with E-state index >= 15 is 0 Å². The molecule has 6 heteroatoms. The number of benzene rings is 1. The predicted octanol–water partition coefficient (Wildman–Crippen LogP) is 4.72. The van der Waals surface area contributed by atoms with E-state index in [9.17, 15) is 5.11 Å². The smallest absolute Gasteiger partial charge is 0.277 e. The van der Waals surface area contributed by atoms with Crippen LogP contribution in [0.25, 0.3) is 4.85 Å². The fourth-order valence-electron chi connectivity index (χ4n) is 4.44. The first kappa shape index (κ1) is 22.9. The molecule has 0 bridgehead atoms. The van der Waals surface area contributed by atoms with Crippen molar-refractivity contribution < 1.29 is 5.11 Å². The van der Waals surface area contributed by atoms with Crippen molar-refractivity contribution in [3.63, 3.8) is 0 Å². The van der Waals surface area contributed by atoms with E-state index in [2.05, 4.69) is 50.9 Å². The molecule has 2 aromatic heterocycles. The van der Waals surface area contributed by atoms with Gasteiger partial charge < -0.3 is 14.9 Å². The topological polar surface area (TPSA) is 66.5 Å². The second-order valence-electron chi connectivity index (χ2n) is 9.50. The Kier molecular flexibility index (Phi) is 6.18. The Balaban J connectivity index is 1.51. The molecule has 170 valence electrons. The van der Waals surface area contributed by atoms with E-state index in [1.165, 1.54) is 11.1 Å². The molecule has 0 amide bonds. The summed E-state index contributed by atoms with van der Waals surface area (Å²) in [4.78, 5) is 10.9. The van der Waals surface area contributed by atoms with Crippen molar-refractivity contribution in [3.8, 4) is 0 Å². The molecule has 1 aliphatic rings. The average Bonchev–Trinajstić information content (AvgIpc) is 2.83. The SMILES string of the molecule is [C-]#[N+]C1(c2ccc(C(C)(C)O)cn2)CCN(c2nnc(Cc3ccccc3)c(C)c2C)CC1. The Labute approximate surface area is 196 Å². The summed E-state index contributed by atoms with van der Waals surface area (Å²) in [6.45, 7) is 17.1. The number of rotatable bonds is 5. The molecule has 1 N–H and O–H groups in total. The molecule has 3 aromatic rings. The van der Waals surface area contributed by atoms with E-state index < -0.39 is 11.1 Å². The number of hydrogen-bond donors (Lipinski definition) is 1. The van der Waals surface area contributed by atoms with Gasteiger partial charge in [0.1, 0.15) is 5.69 Å². The van der Waals surface area contributed by atoms with Crippen LogP contribution in [0, 0.1) is 20.4 Å². The van der Waals surface area contributed by atoms with E-state index in [1.807, 2.05) is 30.3 Å². The zero-order chi connectivity index (χ0) is 23.6. The third kappa shape index (κ3) is 4.60. The normalized spacial score (nSPS) is 15.8. The maximum absolute atomic E-state index is 10.2. The van der Waals surface area contributed by atoms with Crippen LogP contribution in [0.4, 0.5) is 5.82 Å². The zero-order valence-corrected chi connectivity index (χ0v) is 19.8. The summed E-state index contributed by atoms with van der Waals surface area (Å²) in [5, 5.41) is 19.4. The van der Waals surface area contributed by atoms with Crippen LogP contribution < -0.4 is 4.90 Å². The van der Waals surface area contributed by atoms with Crippen molar-refractivity contribution in [1.82, 2.24) is 15.2 Å². The first-order chi connectivity index (χ1) is 15.7. The van der Waals surface area contributed by atoms with Crippen LogP contribution in [0.3, 0.4) is 0 Å². The lowest BCUT2D eigenvalue weighted by atomic mass is 9.84. The average molecular weight is 442 g/mol. The molecular formula is C27H31N5O. The van der Waals surface area contributed by atoms with Gasteiger partial charge >= 0.3 is 0 Å². The fourth-order valence-corrected chi connectivity index (χ4v) is 4.44. The number of hydrogen-bond acceptors (Lipinski definition) is 5. The molecule has 0 spiro atoms. The summed E-state index contributed by atoms with van der Waals surface area (Å²) in [5.74, 6) is 0.910. The monoisotopic (exact) mass is 441 g/mol. The van der Waals surface area contributed by atoms with E-state index in [0.717, 1.165) is 47.8 Å². The van der Waals surface area contributed by atoms with Crippen LogP contribution in [-0.2, 0) is 17.6 Å². The van der Waals surface area contributed by atoms with E-state index in [1.54, 1.807) is 20.0 Å². The van der Waals surface area contributed by atoms with Gasteiger partial charge in [-0.2, -0.15) is 5.10 Å². The number of aliphatic hydroxyl groups is 1. The van der Waals surface area contributed by atoms with Crippen LogP contribution in [0.15, 0.2) is 48.7 Å². The maximum atomic E-state index is 10.2.